The first kappa shape index (κ1) is 18.4. The van der Waals surface area contributed by atoms with Crippen molar-refractivity contribution in [3.63, 3.8) is 0 Å². The SMILES string of the molecule is CNS(=O)(=O)c1ccc(S(=O)(=O)NCc2ccc(OC)cc2)cc1. The average Bonchev–Trinajstić information content (AvgIpc) is 2.60. The molecule has 0 saturated carbocycles. The molecule has 2 aromatic rings. The van der Waals surface area contributed by atoms with E-state index in [-0.39, 0.29) is 16.3 Å². The second kappa shape index (κ2) is 7.31. The van der Waals surface area contributed by atoms with Crippen molar-refractivity contribution in [3.8, 4) is 5.75 Å². The number of sulfonamides is 2. The lowest BCUT2D eigenvalue weighted by atomic mass is 10.2. The summed E-state index contributed by atoms with van der Waals surface area (Å²) in [7, 11) is -4.50. The first-order valence-corrected chi connectivity index (χ1v) is 9.91. The molecule has 2 N–H and O–H groups in total. The van der Waals surface area contributed by atoms with Crippen LogP contribution in [-0.2, 0) is 26.6 Å². The van der Waals surface area contributed by atoms with Crippen LogP contribution in [-0.4, -0.2) is 31.0 Å². The van der Waals surface area contributed by atoms with E-state index in [2.05, 4.69) is 9.44 Å². The monoisotopic (exact) mass is 370 g/mol. The summed E-state index contributed by atoms with van der Waals surface area (Å²) in [4.78, 5) is -0.00910. The molecule has 2 aromatic carbocycles. The van der Waals surface area contributed by atoms with Crippen LogP contribution in [0.5, 0.6) is 5.75 Å². The lowest BCUT2D eigenvalue weighted by Crippen LogP contribution is -2.23. The number of benzene rings is 2. The van der Waals surface area contributed by atoms with Crippen LogP contribution in [0.1, 0.15) is 5.56 Å². The van der Waals surface area contributed by atoms with Crippen LogP contribution in [0.15, 0.2) is 58.3 Å². The summed E-state index contributed by atoms with van der Waals surface area (Å²) in [6.07, 6.45) is 0. The van der Waals surface area contributed by atoms with Gasteiger partial charge in [0.2, 0.25) is 20.0 Å². The van der Waals surface area contributed by atoms with Crippen LogP contribution in [0.3, 0.4) is 0 Å². The maximum atomic E-state index is 12.3. The zero-order valence-electron chi connectivity index (χ0n) is 13.2. The lowest BCUT2D eigenvalue weighted by molar-refractivity contribution is 0.414. The highest BCUT2D eigenvalue weighted by atomic mass is 32.2. The van der Waals surface area contributed by atoms with Crippen LogP contribution in [0.4, 0.5) is 0 Å². The highest BCUT2D eigenvalue weighted by Gasteiger charge is 2.16. The van der Waals surface area contributed by atoms with Crippen molar-refractivity contribution in [2.45, 2.75) is 16.3 Å². The molecule has 0 saturated heterocycles. The zero-order chi connectivity index (χ0) is 17.8. The number of ether oxygens (including phenoxy) is 1. The van der Waals surface area contributed by atoms with Crippen molar-refractivity contribution in [2.24, 2.45) is 0 Å². The Kier molecular flexibility index (Phi) is 5.60. The van der Waals surface area contributed by atoms with Crippen molar-refractivity contribution >= 4 is 20.0 Å². The van der Waals surface area contributed by atoms with Gasteiger partial charge in [0.15, 0.2) is 0 Å². The minimum atomic E-state index is -3.74. The Morgan fingerprint density at radius 1 is 0.833 bits per heavy atom. The summed E-state index contributed by atoms with van der Waals surface area (Å²) in [5.41, 5.74) is 0.772. The molecular formula is C15H18N2O5S2. The first-order valence-electron chi connectivity index (χ1n) is 6.95. The third-order valence-corrected chi connectivity index (χ3v) is 6.19. The number of hydrogen-bond donors (Lipinski definition) is 2. The number of methoxy groups -OCH3 is 1. The molecule has 0 aliphatic carbocycles. The molecule has 0 atom stereocenters. The predicted molar refractivity (Wildman–Crippen MR) is 89.7 cm³/mol. The van der Waals surface area contributed by atoms with Crippen molar-refractivity contribution in [3.05, 3.63) is 54.1 Å². The molecule has 24 heavy (non-hydrogen) atoms. The highest BCUT2D eigenvalue weighted by Crippen LogP contribution is 2.15. The molecule has 0 spiro atoms. The zero-order valence-corrected chi connectivity index (χ0v) is 14.8. The molecule has 0 aliphatic heterocycles. The van der Waals surface area contributed by atoms with E-state index >= 15 is 0 Å². The fraction of sp³-hybridized carbons (Fsp3) is 0.200. The van der Waals surface area contributed by atoms with E-state index in [0.717, 1.165) is 5.56 Å². The topological polar surface area (TPSA) is 102 Å². The van der Waals surface area contributed by atoms with E-state index in [1.807, 2.05) is 0 Å². The molecule has 0 radical (unpaired) electrons. The van der Waals surface area contributed by atoms with E-state index < -0.39 is 20.0 Å². The van der Waals surface area contributed by atoms with Crippen LogP contribution >= 0.6 is 0 Å². The fourth-order valence-corrected chi connectivity index (χ4v) is 3.67. The summed E-state index contributed by atoms with van der Waals surface area (Å²) >= 11 is 0. The number of rotatable bonds is 7. The molecule has 0 bridgehead atoms. The normalized spacial score (nSPS) is 12.1. The van der Waals surface area contributed by atoms with E-state index in [4.69, 9.17) is 4.74 Å². The Morgan fingerprint density at radius 2 is 1.33 bits per heavy atom. The van der Waals surface area contributed by atoms with Gasteiger partial charge in [0.25, 0.3) is 0 Å². The predicted octanol–water partition coefficient (Wildman–Crippen LogP) is 1.08. The quantitative estimate of drug-likeness (QED) is 0.759. The smallest absolute Gasteiger partial charge is 0.240 e. The molecule has 0 heterocycles. The van der Waals surface area contributed by atoms with Gasteiger partial charge in [0, 0.05) is 6.54 Å². The number of nitrogens with one attached hydrogen (secondary N) is 2. The van der Waals surface area contributed by atoms with Gasteiger partial charge in [-0.05, 0) is 49.0 Å². The summed E-state index contributed by atoms with van der Waals surface area (Å²) < 4.78 is 57.5. The minimum absolute atomic E-state index is 0.000829. The molecular weight excluding hydrogens is 352 g/mol. The van der Waals surface area contributed by atoms with Gasteiger partial charge in [-0.25, -0.2) is 26.3 Å². The third kappa shape index (κ3) is 4.32. The summed E-state index contributed by atoms with van der Waals surface area (Å²) in [6.45, 7) is 0.114. The molecule has 130 valence electrons. The largest absolute Gasteiger partial charge is 0.497 e. The van der Waals surface area contributed by atoms with E-state index in [1.54, 1.807) is 31.4 Å². The van der Waals surface area contributed by atoms with Crippen LogP contribution in [0.2, 0.25) is 0 Å². The van der Waals surface area contributed by atoms with E-state index in [0.29, 0.717) is 5.75 Å². The van der Waals surface area contributed by atoms with Gasteiger partial charge in [-0.2, -0.15) is 0 Å². The summed E-state index contributed by atoms with van der Waals surface area (Å²) in [6, 6.07) is 12.0. The molecule has 0 amide bonds. The van der Waals surface area contributed by atoms with Gasteiger partial charge in [-0.1, -0.05) is 12.1 Å². The Morgan fingerprint density at radius 3 is 1.79 bits per heavy atom. The Labute approximate surface area is 141 Å². The standard InChI is InChI=1S/C15H18N2O5S2/c1-16-23(18,19)14-7-9-15(10-8-14)24(20,21)17-11-12-3-5-13(22-2)6-4-12/h3-10,16-17H,11H2,1-2H3. The van der Waals surface area contributed by atoms with E-state index in [9.17, 15) is 16.8 Å². The molecule has 7 nitrogen and oxygen atoms in total. The van der Waals surface area contributed by atoms with Crippen molar-refractivity contribution < 1.29 is 21.6 Å². The highest BCUT2D eigenvalue weighted by molar-refractivity contribution is 7.90. The first-order chi connectivity index (χ1) is 11.3. The van der Waals surface area contributed by atoms with Gasteiger partial charge in [-0.15, -0.1) is 0 Å². The summed E-state index contributed by atoms with van der Waals surface area (Å²) in [5.74, 6) is 0.683. The molecule has 0 aliphatic rings. The van der Waals surface area contributed by atoms with Gasteiger partial charge < -0.3 is 4.74 Å². The molecule has 0 unspecified atom stereocenters. The molecule has 2 rings (SSSR count). The van der Waals surface area contributed by atoms with Gasteiger partial charge >= 0.3 is 0 Å². The second-order valence-electron chi connectivity index (χ2n) is 4.85. The van der Waals surface area contributed by atoms with Crippen LogP contribution < -0.4 is 14.2 Å². The van der Waals surface area contributed by atoms with Gasteiger partial charge in [-0.3, -0.25) is 0 Å². The fourth-order valence-electron chi connectivity index (χ4n) is 1.92. The second-order valence-corrected chi connectivity index (χ2v) is 8.51. The molecule has 0 aromatic heterocycles. The van der Waals surface area contributed by atoms with Crippen molar-refractivity contribution in [1.82, 2.24) is 9.44 Å². The maximum absolute atomic E-state index is 12.3. The lowest BCUT2D eigenvalue weighted by Gasteiger charge is -2.08. The van der Waals surface area contributed by atoms with Crippen LogP contribution in [0, 0.1) is 0 Å². The van der Waals surface area contributed by atoms with E-state index in [1.165, 1.54) is 31.3 Å². The molecule has 0 fully saturated rings. The average molecular weight is 370 g/mol. The third-order valence-electron chi connectivity index (χ3n) is 3.34. The van der Waals surface area contributed by atoms with Crippen molar-refractivity contribution in [2.75, 3.05) is 14.2 Å². The Balaban J connectivity index is 2.12. The Bertz CT molecular complexity index is 890. The minimum Gasteiger partial charge on any atom is -0.497 e. The van der Waals surface area contributed by atoms with Crippen LogP contribution in [0.25, 0.3) is 0 Å². The Hall–Kier alpha value is -1.94. The number of hydrogen-bond acceptors (Lipinski definition) is 5. The summed E-state index contributed by atoms with van der Waals surface area (Å²) in [5, 5.41) is 0. The molecule has 9 heteroatoms. The van der Waals surface area contributed by atoms with Gasteiger partial charge in [0.05, 0.1) is 16.9 Å². The van der Waals surface area contributed by atoms with Crippen molar-refractivity contribution in [1.29, 1.82) is 0 Å². The van der Waals surface area contributed by atoms with Gasteiger partial charge in [0.1, 0.15) is 5.75 Å². The maximum Gasteiger partial charge on any atom is 0.240 e.